The molecule has 1 N–H and O–H groups in total. The molecule has 2 nitrogen and oxygen atoms in total. The van der Waals surface area contributed by atoms with E-state index in [1.54, 1.807) is 6.07 Å². The molecule has 1 heterocycles. The van der Waals surface area contributed by atoms with Gasteiger partial charge in [-0.3, -0.25) is 4.90 Å². The first-order valence-electron chi connectivity index (χ1n) is 7.50. The van der Waals surface area contributed by atoms with Gasteiger partial charge in [0.15, 0.2) is 0 Å². The number of benzene rings is 1. The van der Waals surface area contributed by atoms with Crippen LogP contribution in [0.2, 0.25) is 0 Å². The Morgan fingerprint density at radius 2 is 1.89 bits per heavy atom. The van der Waals surface area contributed by atoms with Crippen LogP contribution in [0.4, 0.5) is 4.39 Å². The van der Waals surface area contributed by atoms with Gasteiger partial charge in [-0.15, -0.1) is 0 Å². The smallest absolute Gasteiger partial charge is 0.127 e. The van der Waals surface area contributed by atoms with Gasteiger partial charge in [-0.05, 0) is 44.1 Å². The molecule has 106 valence electrons. The highest BCUT2D eigenvalue weighted by Crippen LogP contribution is 2.16. The molecular formula is C16H25FN2. The predicted molar refractivity (Wildman–Crippen MR) is 77.5 cm³/mol. The molecule has 0 radical (unpaired) electrons. The van der Waals surface area contributed by atoms with Crippen molar-refractivity contribution in [3.8, 4) is 0 Å². The Kier molecular flexibility index (Phi) is 5.80. The lowest BCUT2D eigenvalue weighted by molar-refractivity contribution is 0.273. The van der Waals surface area contributed by atoms with Crippen molar-refractivity contribution in [2.75, 3.05) is 19.6 Å². The van der Waals surface area contributed by atoms with Crippen molar-refractivity contribution in [3.63, 3.8) is 0 Å². The first-order valence-corrected chi connectivity index (χ1v) is 7.50. The van der Waals surface area contributed by atoms with Crippen LogP contribution in [0.25, 0.3) is 0 Å². The lowest BCUT2D eigenvalue weighted by atomic mass is 10.1. The average molecular weight is 264 g/mol. The minimum Gasteiger partial charge on any atom is -0.313 e. The van der Waals surface area contributed by atoms with E-state index >= 15 is 0 Å². The fourth-order valence-corrected chi connectivity index (χ4v) is 2.66. The van der Waals surface area contributed by atoms with Gasteiger partial charge in [-0.25, -0.2) is 4.39 Å². The number of nitrogens with one attached hydrogen (secondary N) is 1. The SMILES string of the molecule is CCNCc1ccc(F)c(CN2CCCCCC2)c1. The summed E-state index contributed by atoms with van der Waals surface area (Å²) in [6, 6.07) is 5.51. The number of likely N-dealkylation sites (tertiary alicyclic amines) is 1. The molecule has 0 atom stereocenters. The van der Waals surface area contributed by atoms with Crippen LogP contribution in [0.1, 0.15) is 43.7 Å². The number of halogens is 1. The van der Waals surface area contributed by atoms with Crippen LogP contribution < -0.4 is 5.32 Å². The van der Waals surface area contributed by atoms with Gasteiger partial charge < -0.3 is 5.32 Å². The van der Waals surface area contributed by atoms with Crippen LogP contribution >= 0.6 is 0 Å². The summed E-state index contributed by atoms with van der Waals surface area (Å²) in [7, 11) is 0. The topological polar surface area (TPSA) is 15.3 Å². The van der Waals surface area contributed by atoms with Crippen LogP contribution in [0.3, 0.4) is 0 Å². The highest BCUT2D eigenvalue weighted by molar-refractivity contribution is 5.25. The van der Waals surface area contributed by atoms with Crippen molar-refractivity contribution in [2.45, 2.75) is 45.7 Å². The summed E-state index contributed by atoms with van der Waals surface area (Å²) in [5, 5.41) is 3.29. The Balaban J connectivity index is 2.00. The molecule has 3 heteroatoms. The molecule has 0 aliphatic carbocycles. The maximum atomic E-state index is 13.9. The molecule has 2 rings (SSSR count). The fraction of sp³-hybridized carbons (Fsp3) is 0.625. The van der Waals surface area contributed by atoms with Crippen molar-refractivity contribution < 1.29 is 4.39 Å². The molecule has 1 aliphatic heterocycles. The highest BCUT2D eigenvalue weighted by atomic mass is 19.1. The van der Waals surface area contributed by atoms with Gasteiger partial charge in [0.05, 0.1) is 0 Å². The Hall–Kier alpha value is -0.930. The van der Waals surface area contributed by atoms with Gasteiger partial charge in [0.1, 0.15) is 5.82 Å². The zero-order chi connectivity index (χ0) is 13.5. The number of hydrogen-bond donors (Lipinski definition) is 1. The highest BCUT2D eigenvalue weighted by Gasteiger charge is 2.12. The zero-order valence-electron chi connectivity index (χ0n) is 11.9. The predicted octanol–water partition coefficient (Wildman–Crippen LogP) is 3.31. The quantitative estimate of drug-likeness (QED) is 0.877. The fourth-order valence-electron chi connectivity index (χ4n) is 2.66. The third-order valence-electron chi connectivity index (χ3n) is 3.78. The first-order chi connectivity index (χ1) is 9.29. The Morgan fingerprint density at radius 1 is 1.16 bits per heavy atom. The molecule has 0 spiro atoms. The molecule has 1 aromatic rings. The van der Waals surface area contributed by atoms with E-state index in [-0.39, 0.29) is 5.82 Å². The average Bonchev–Trinajstić information content (AvgIpc) is 2.68. The second-order valence-corrected chi connectivity index (χ2v) is 5.40. The largest absolute Gasteiger partial charge is 0.313 e. The molecule has 1 fully saturated rings. The summed E-state index contributed by atoms with van der Waals surface area (Å²) >= 11 is 0. The van der Waals surface area contributed by atoms with E-state index in [1.165, 1.54) is 31.2 Å². The van der Waals surface area contributed by atoms with Gasteiger partial charge in [0.25, 0.3) is 0 Å². The van der Waals surface area contributed by atoms with Gasteiger partial charge in [0, 0.05) is 18.7 Å². The van der Waals surface area contributed by atoms with Gasteiger partial charge >= 0.3 is 0 Å². The molecule has 0 bridgehead atoms. The van der Waals surface area contributed by atoms with Crippen LogP contribution in [-0.2, 0) is 13.1 Å². The van der Waals surface area contributed by atoms with Crippen LogP contribution in [-0.4, -0.2) is 24.5 Å². The molecule has 19 heavy (non-hydrogen) atoms. The molecule has 0 aromatic heterocycles. The van der Waals surface area contributed by atoms with Crippen molar-refractivity contribution in [1.29, 1.82) is 0 Å². The normalized spacial score (nSPS) is 17.4. The summed E-state index contributed by atoms with van der Waals surface area (Å²) in [6.07, 6.45) is 5.14. The maximum absolute atomic E-state index is 13.9. The van der Waals surface area contributed by atoms with Crippen LogP contribution in [0.5, 0.6) is 0 Å². The Bertz CT molecular complexity index is 384. The zero-order valence-corrected chi connectivity index (χ0v) is 11.9. The van der Waals surface area contributed by atoms with Crippen molar-refractivity contribution in [3.05, 3.63) is 35.1 Å². The van der Waals surface area contributed by atoms with Gasteiger partial charge in [0.2, 0.25) is 0 Å². The summed E-state index contributed by atoms with van der Waals surface area (Å²) in [5.74, 6) is -0.0653. The van der Waals surface area contributed by atoms with E-state index in [4.69, 9.17) is 0 Å². The third kappa shape index (κ3) is 4.59. The molecule has 1 aliphatic rings. The number of rotatable bonds is 5. The van der Waals surface area contributed by atoms with Crippen molar-refractivity contribution in [2.24, 2.45) is 0 Å². The first kappa shape index (κ1) is 14.5. The van der Waals surface area contributed by atoms with Crippen molar-refractivity contribution >= 4 is 0 Å². The van der Waals surface area contributed by atoms with Crippen LogP contribution in [0, 0.1) is 5.82 Å². The monoisotopic (exact) mass is 264 g/mol. The van der Waals surface area contributed by atoms with Crippen molar-refractivity contribution in [1.82, 2.24) is 10.2 Å². The van der Waals surface area contributed by atoms with E-state index in [2.05, 4.69) is 17.1 Å². The van der Waals surface area contributed by atoms with E-state index in [9.17, 15) is 4.39 Å². The number of nitrogens with zero attached hydrogens (tertiary/aromatic N) is 1. The molecule has 0 unspecified atom stereocenters. The Labute approximate surface area is 116 Å². The summed E-state index contributed by atoms with van der Waals surface area (Å²) < 4.78 is 13.9. The Morgan fingerprint density at radius 3 is 2.58 bits per heavy atom. The number of hydrogen-bond acceptors (Lipinski definition) is 2. The van der Waals surface area contributed by atoms with E-state index in [0.29, 0.717) is 0 Å². The van der Waals surface area contributed by atoms with Crippen LogP contribution in [0.15, 0.2) is 18.2 Å². The molecular weight excluding hydrogens is 239 g/mol. The van der Waals surface area contributed by atoms with E-state index < -0.39 is 0 Å². The summed E-state index contributed by atoms with van der Waals surface area (Å²) in [5.41, 5.74) is 2.02. The summed E-state index contributed by atoms with van der Waals surface area (Å²) in [4.78, 5) is 2.39. The maximum Gasteiger partial charge on any atom is 0.127 e. The lowest BCUT2D eigenvalue weighted by Crippen LogP contribution is -2.24. The van der Waals surface area contributed by atoms with Gasteiger partial charge in [-0.1, -0.05) is 31.9 Å². The lowest BCUT2D eigenvalue weighted by Gasteiger charge is -2.20. The molecule has 1 aromatic carbocycles. The van der Waals surface area contributed by atoms with Gasteiger partial charge in [-0.2, -0.15) is 0 Å². The minimum atomic E-state index is -0.0653. The molecule has 0 saturated carbocycles. The minimum absolute atomic E-state index is 0.0653. The van der Waals surface area contributed by atoms with E-state index in [0.717, 1.165) is 38.3 Å². The molecule has 1 saturated heterocycles. The standard InChI is InChI=1S/C16H25FN2/c1-2-18-12-14-7-8-16(17)15(11-14)13-19-9-5-3-4-6-10-19/h7-8,11,18H,2-6,9-10,12-13H2,1H3. The van der Waals surface area contributed by atoms with E-state index in [1.807, 2.05) is 12.1 Å². The second-order valence-electron chi connectivity index (χ2n) is 5.40. The molecule has 0 amide bonds. The third-order valence-corrected chi connectivity index (χ3v) is 3.78. The summed E-state index contributed by atoms with van der Waals surface area (Å²) in [6.45, 7) is 6.82. The second kappa shape index (κ2) is 7.61.